The standard InChI is InChI=1S/C15H18FNO3S/c16-14-11-12(5-4-10-18)8-9-15(14)17-21(19,20)13-6-2-1-3-7-13/h8-9,11,13,17-18H,1-3,6-7,10H2. The highest BCUT2D eigenvalue weighted by atomic mass is 32.2. The van der Waals surface area contributed by atoms with Gasteiger partial charge in [-0.25, -0.2) is 12.8 Å². The van der Waals surface area contributed by atoms with E-state index < -0.39 is 21.1 Å². The van der Waals surface area contributed by atoms with E-state index in [0.717, 1.165) is 25.3 Å². The van der Waals surface area contributed by atoms with Gasteiger partial charge in [0.05, 0.1) is 10.9 Å². The van der Waals surface area contributed by atoms with Crippen LogP contribution in [-0.2, 0) is 10.0 Å². The molecule has 0 radical (unpaired) electrons. The lowest BCUT2D eigenvalue weighted by atomic mass is 10.0. The molecule has 0 spiro atoms. The number of aliphatic hydroxyl groups excluding tert-OH is 1. The Bertz CT molecular complexity index is 655. The third kappa shape index (κ3) is 4.19. The highest BCUT2D eigenvalue weighted by Crippen LogP contribution is 2.26. The summed E-state index contributed by atoms with van der Waals surface area (Å²) in [5.74, 6) is 4.32. The molecule has 1 aliphatic carbocycles. The predicted octanol–water partition coefficient (Wildman–Crippen LogP) is 2.24. The number of rotatable bonds is 3. The van der Waals surface area contributed by atoms with Crippen LogP contribution in [0.2, 0.25) is 0 Å². The van der Waals surface area contributed by atoms with Crippen molar-refractivity contribution in [1.82, 2.24) is 0 Å². The van der Waals surface area contributed by atoms with E-state index in [1.807, 2.05) is 0 Å². The van der Waals surface area contributed by atoms with Crippen molar-refractivity contribution in [1.29, 1.82) is 0 Å². The molecule has 4 nitrogen and oxygen atoms in total. The van der Waals surface area contributed by atoms with Crippen molar-refractivity contribution in [3.8, 4) is 11.8 Å². The van der Waals surface area contributed by atoms with Gasteiger partial charge >= 0.3 is 0 Å². The van der Waals surface area contributed by atoms with Crippen molar-refractivity contribution in [2.45, 2.75) is 37.4 Å². The predicted molar refractivity (Wildman–Crippen MR) is 79.8 cm³/mol. The minimum Gasteiger partial charge on any atom is -0.384 e. The van der Waals surface area contributed by atoms with Crippen LogP contribution in [0.15, 0.2) is 18.2 Å². The second-order valence-corrected chi connectivity index (χ2v) is 7.02. The second kappa shape index (κ2) is 6.92. The van der Waals surface area contributed by atoms with Gasteiger partial charge in [-0.05, 0) is 31.0 Å². The molecule has 0 aromatic heterocycles. The van der Waals surface area contributed by atoms with Crippen LogP contribution in [0.5, 0.6) is 0 Å². The van der Waals surface area contributed by atoms with Gasteiger partial charge in [-0.1, -0.05) is 31.1 Å². The molecule has 1 aromatic rings. The summed E-state index contributed by atoms with van der Waals surface area (Å²) < 4.78 is 40.7. The van der Waals surface area contributed by atoms with Gasteiger partial charge in [-0.3, -0.25) is 4.72 Å². The highest BCUT2D eigenvalue weighted by Gasteiger charge is 2.27. The first-order valence-electron chi connectivity index (χ1n) is 6.94. The second-order valence-electron chi connectivity index (χ2n) is 5.06. The molecule has 0 heterocycles. The molecule has 1 aliphatic rings. The first kappa shape index (κ1) is 15.8. The monoisotopic (exact) mass is 311 g/mol. The van der Waals surface area contributed by atoms with Gasteiger partial charge in [0, 0.05) is 5.56 Å². The molecule has 0 bridgehead atoms. The Morgan fingerprint density at radius 2 is 2.00 bits per heavy atom. The number of hydrogen-bond acceptors (Lipinski definition) is 3. The zero-order chi connectivity index (χ0) is 15.3. The number of benzene rings is 1. The van der Waals surface area contributed by atoms with E-state index in [1.165, 1.54) is 12.1 Å². The fourth-order valence-corrected chi connectivity index (χ4v) is 4.02. The molecule has 2 N–H and O–H groups in total. The first-order chi connectivity index (χ1) is 10.0. The SMILES string of the molecule is O=S(=O)(Nc1ccc(C#CCO)cc1F)C1CCCCC1. The van der Waals surface area contributed by atoms with Gasteiger partial charge in [0.25, 0.3) is 0 Å². The van der Waals surface area contributed by atoms with E-state index in [-0.39, 0.29) is 12.3 Å². The minimum atomic E-state index is -3.55. The summed E-state index contributed by atoms with van der Waals surface area (Å²) in [5.41, 5.74) is 0.331. The average Bonchev–Trinajstić information content (AvgIpc) is 2.48. The smallest absolute Gasteiger partial charge is 0.235 e. The van der Waals surface area contributed by atoms with Crippen LogP contribution in [0.3, 0.4) is 0 Å². The van der Waals surface area contributed by atoms with Crippen LogP contribution in [0, 0.1) is 17.7 Å². The van der Waals surface area contributed by atoms with Crippen LogP contribution in [0.25, 0.3) is 0 Å². The Labute approximate surface area is 124 Å². The van der Waals surface area contributed by atoms with Crippen LogP contribution in [-0.4, -0.2) is 25.4 Å². The molecule has 2 rings (SSSR count). The lowest BCUT2D eigenvalue weighted by Crippen LogP contribution is -2.30. The lowest BCUT2D eigenvalue weighted by molar-refractivity contribution is 0.350. The van der Waals surface area contributed by atoms with E-state index in [9.17, 15) is 12.8 Å². The maximum absolute atomic E-state index is 13.9. The maximum atomic E-state index is 13.9. The third-order valence-electron chi connectivity index (χ3n) is 3.52. The fourth-order valence-electron chi connectivity index (χ4n) is 2.43. The third-order valence-corrected chi connectivity index (χ3v) is 5.38. The summed E-state index contributed by atoms with van der Waals surface area (Å²) in [6, 6.07) is 4.03. The highest BCUT2D eigenvalue weighted by molar-refractivity contribution is 7.93. The van der Waals surface area contributed by atoms with Gasteiger partial charge in [-0.15, -0.1) is 0 Å². The summed E-state index contributed by atoms with van der Waals surface area (Å²) in [4.78, 5) is 0. The molecule has 114 valence electrons. The van der Waals surface area contributed by atoms with E-state index >= 15 is 0 Å². The Kier molecular flexibility index (Phi) is 5.21. The van der Waals surface area contributed by atoms with Crippen molar-refractivity contribution in [3.05, 3.63) is 29.6 Å². The summed E-state index contributed by atoms with van der Waals surface area (Å²) in [5, 5.41) is 8.14. The van der Waals surface area contributed by atoms with Gasteiger partial charge < -0.3 is 5.11 Å². The number of hydrogen-bond donors (Lipinski definition) is 2. The Morgan fingerprint density at radius 3 is 2.62 bits per heavy atom. The summed E-state index contributed by atoms with van der Waals surface area (Å²) in [7, 11) is -3.55. The average molecular weight is 311 g/mol. The van der Waals surface area contributed by atoms with Gasteiger partial charge in [0.2, 0.25) is 10.0 Å². The number of nitrogens with one attached hydrogen (secondary N) is 1. The van der Waals surface area contributed by atoms with Crippen LogP contribution < -0.4 is 4.72 Å². The largest absolute Gasteiger partial charge is 0.384 e. The van der Waals surface area contributed by atoms with Gasteiger partial charge in [0.1, 0.15) is 12.4 Å². The maximum Gasteiger partial charge on any atom is 0.235 e. The number of sulfonamides is 1. The van der Waals surface area contributed by atoms with Crippen molar-refractivity contribution >= 4 is 15.7 Å². The number of halogens is 1. The first-order valence-corrected chi connectivity index (χ1v) is 8.48. The van der Waals surface area contributed by atoms with Crippen molar-refractivity contribution in [3.63, 3.8) is 0 Å². The molecule has 1 saturated carbocycles. The molecule has 1 fully saturated rings. The summed E-state index contributed by atoms with van der Waals surface area (Å²) >= 11 is 0. The summed E-state index contributed by atoms with van der Waals surface area (Å²) in [6.45, 7) is -0.308. The molecule has 6 heteroatoms. The zero-order valence-corrected chi connectivity index (χ0v) is 12.4. The quantitative estimate of drug-likeness (QED) is 0.841. The molecule has 0 amide bonds. The molecular weight excluding hydrogens is 293 g/mol. The minimum absolute atomic E-state index is 0.0601. The molecule has 0 unspecified atom stereocenters. The molecule has 0 aliphatic heterocycles. The van der Waals surface area contributed by atoms with Crippen molar-refractivity contribution in [2.75, 3.05) is 11.3 Å². The van der Waals surface area contributed by atoms with Gasteiger partial charge in [-0.2, -0.15) is 0 Å². The lowest BCUT2D eigenvalue weighted by Gasteiger charge is -2.22. The molecule has 1 aromatic carbocycles. The van der Waals surface area contributed by atoms with E-state index in [1.54, 1.807) is 0 Å². The molecular formula is C15H18FNO3S. The summed E-state index contributed by atoms with van der Waals surface area (Å²) in [6.07, 6.45) is 4.08. The Hall–Kier alpha value is -1.58. The molecule has 0 atom stereocenters. The normalized spacial score (nSPS) is 16.1. The van der Waals surface area contributed by atoms with Gasteiger partial charge in [0.15, 0.2) is 0 Å². The molecule has 0 saturated heterocycles. The van der Waals surface area contributed by atoms with Crippen LogP contribution in [0.4, 0.5) is 10.1 Å². The number of aliphatic hydroxyl groups is 1. The zero-order valence-electron chi connectivity index (χ0n) is 11.6. The topological polar surface area (TPSA) is 66.4 Å². The van der Waals surface area contributed by atoms with Crippen LogP contribution in [0.1, 0.15) is 37.7 Å². The van der Waals surface area contributed by atoms with Crippen molar-refractivity contribution < 1.29 is 17.9 Å². The van der Waals surface area contributed by atoms with E-state index in [0.29, 0.717) is 18.4 Å². The fraction of sp³-hybridized carbons (Fsp3) is 0.467. The van der Waals surface area contributed by atoms with E-state index in [4.69, 9.17) is 5.11 Å². The number of anilines is 1. The van der Waals surface area contributed by atoms with E-state index in [2.05, 4.69) is 16.6 Å². The van der Waals surface area contributed by atoms with Crippen LogP contribution >= 0.6 is 0 Å². The molecule has 21 heavy (non-hydrogen) atoms. The Balaban J connectivity index is 2.15. The Morgan fingerprint density at radius 1 is 1.29 bits per heavy atom. The van der Waals surface area contributed by atoms with Crippen molar-refractivity contribution in [2.24, 2.45) is 0 Å².